The van der Waals surface area contributed by atoms with Crippen molar-refractivity contribution < 1.29 is 32.3 Å². The number of urea groups is 1. The lowest BCUT2D eigenvalue weighted by Gasteiger charge is -2.39. The molecule has 12 nitrogen and oxygen atoms in total. The number of imide groups is 1. The molecular formula is C41H47F3N8O4. The second-order valence-electron chi connectivity index (χ2n) is 14.3. The number of halogens is 3. The van der Waals surface area contributed by atoms with E-state index in [4.69, 9.17) is 4.74 Å². The number of aromatic nitrogens is 1. The molecule has 0 radical (unpaired) electrons. The molecule has 3 aromatic carbocycles. The molecule has 2 aliphatic heterocycles. The van der Waals surface area contributed by atoms with Crippen LogP contribution in [0.5, 0.6) is 5.75 Å². The molecule has 1 aromatic heterocycles. The number of nitrogens with one attached hydrogen (secondary N) is 4. The van der Waals surface area contributed by atoms with E-state index in [2.05, 4.69) is 43.1 Å². The topological polar surface area (TPSA) is 131 Å². The number of pyridine rings is 1. The van der Waals surface area contributed by atoms with E-state index in [-0.39, 0.29) is 41.2 Å². The van der Waals surface area contributed by atoms with E-state index < -0.39 is 23.7 Å². The summed E-state index contributed by atoms with van der Waals surface area (Å²) in [6.07, 6.45) is -2.02. The minimum Gasteiger partial charge on any atom is -0.489 e. The van der Waals surface area contributed by atoms with Crippen molar-refractivity contribution in [2.75, 3.05) is 54.2 Å². The lowest BCUT2D eigenvalue weighted by molar-refractivity contribution is -0.137. The Hall–Kier alpha value is -5.83. The van der Waals surface area contributed by atoms with Crippen LogP contribution in [0.1, 0.15) is 60.2 Å². The number of ether oxygens (including phenoxy) is 1. The summed E-state index contributed by atoms with van der Waals surface area (Å²) in [5.41, 5.74) is 3.52. The standard InChI is InChI=1S/C41H47F3N8O4/c1-25(2)56-36-22-35(51-16-13-28(14-17-51)50(5)24-27-9-8-10-29(20-27)52-18-15-38(53)49-40(52)55)26(3)19-34(36)48-37-21-33(31(23-46-37)41(42,43)44)47-32-12-7-6-11-30(32)39(54)45-4/h6-12,19-23,25,28H,13-18,24H2,1-5H3,(H,45,54)(H2,46,47,48)(H,49,53,55). The number of piperidine rings is 1. The third-order valence-electron chi connectivity index (χ3n) is 9.94. The van der Waals surface area contributed by atoms with Gasteiger partial charge in [-0.15, -0.1) is 0 Å². The van der Waals surface area contributed by atoms with Gasteiger partial charge in [-0.1, -0.05) is 24.3 Å². The van der Waals surface area contributed by atoms with Gasteiger partial charge < -0.3 is 25.6 Å². The summed E-state index contributed by atoms with van der Waals surface area (Å²) >= 11 is 0. The fourth-order valence-corrected chi connectivity index (χ4v) is 7.13. The second kappa shape index (κ2) is 16.9. The van der Waals surface area contributed by atoms with E-state index in [0.717, 1.165) is 54.6 Å². The first kappa shape index (κ1) is 39.9. The summed E-state index contributed by atoms with van der Waals surface area (Å²) < 4.78 is 48.7. The number of para-hydroxylation sites is 1. The van der Waals surface area contributed by atoms with Crippen LogP contribution in [0, 0.1) is 6.92 Å². The van der Waals surface area contributed by atoms with Crippen LogP contribution in [0.25, 0.3) is 0 Å². The highest BCUT2D eigenvalue weighted by Gasteiger charge is 2.35. The van der Waals surface area contributed by atoms with Gasteiger partial charge in [0.05, 0.1) is 34.3 Å². The first-order chi connectivity index (χ1) is 26.7. The van der Waals surface area contributed by atoms with E-state index in [1.807, 2.05) is 57.2 Å². The van der Waals surface area contributed by atoms with Crippen LogP contribution in [0.4, 0.5) is 52.2 Å². The summed E-state index contributed by atoms with van der Waals surface area (Å²) in [5, 5.41) is 10.9. The van der Waals surface area contributed by atoms with Crippen LogP contribution < -0.4 is 35.8 Å². The highest BCUT2D eigenvalue weighted by molar-refractivity contribution is 6.05. The molecule has 2 fully saturated rings. The van der Waals surface area contributed by atoms with E-state index in [0.29, 0.717) is 30.6 Å². The number of nitrogens with zero attached hydrogens (tertiary/aromatic N) is 4. The molecule has 0 bridgehead atoms. The molecule has 4 aromatic rings. The normalized spacial score (nSPS) is 15.2. The predicted octanol–water partition coefficient (Wildman–Crippen LogP) is 7.59. The highest BCUT2D eigenvalue weighted by Crippen LogP contribution is 2.40. The minimum absolute atomic E-state index is 0.155. The Morgan fingerprint density at radius 1 is 0.982 bits per heavy atom. The van der Waals surface area contributed by atoms with Crippen LogP contribution in [-0.2, 0) is 17.5 Å². The smallest absolute Gasteiger partial charge is 0.419 e. The van der Waals surface area contributed by atoms with E-state index >= 15 is 0 Å². The molecule has 4 amide bonds. The molecule has 2 saturated heterocycles. The molecule has 56 heavy (non-hydrogen) atoms. The van der Waals surface area contributed by atoms with Crippen molar-refractivity contribution in [1.29, 1.82) is 0 Å². The maximum Gasteiger partial charge on any atom is 0.419 e. The number of hydrogen-bond acceptors (Lipinski definition) is 9. The summed E-state index contributed by atoms with van der Waals surface area (Å²) in [6, 6.07) is 19.3. The third kappa shape index (κ3) is 9.33. The fraction of sp³-hybridized carbons (Fsp3) is 0.366. The molecule has 3 heterocycles. The Labute approximate surface area is 324 Å². The van der Waals surface area contributed by atoms with Crippen molar-refractivity contribution in [3.05, 3.63) is 95.2 Å². The zero-order valence-electron chi connectivity index (χ0n) is 32.1. The molecule has 296 valence electrons. The van der Waals surface area contributed by atoms with Crippen molar-refractivity contribution in [2.45, 2.75) is 64.9 Å². The average molecular weight is 773 g/mol. The third-order valence-corrected chi connectivity index (χ3v) is 9.94. The van der Waals surface area contributed by atoms with Gasteiger partial charge in [0.25, 0.3) is 5.91 Å². The molecular weight excluding hydrogens is 725 g/mol. The van der Waals surface area contributed by atoms with Gasteiger partial charge in [-0.3, -0.25) is 24.7 Å². The number of alkyl halides is 3. The SMILES string of the molecule is CNC(=O)c1ccccc1Nc1cc(Nc2cc(C)c(N3CCC(N(C)Cc4cccc(N5CCC(=O)NC5=O)c4)CC3)cc2OC(C)C)ncc1C(F)(F)F. The van der Waals surface area contributed by atoms with E-state index in [1.54, 1.807) is 23.1 Å². The second-order valence-corrected chi connectivity index (χ2v) is 14.3. The number of carbonyl (C=O) groups excluding carboxylic acids is 3. The summed E-state index contributed by atoms with van der Waals surface area (Å²) in [7, 11) is 3.56. The van der Waals surface area contributed by atoms with E-state index in [9.17, 15) is 27.6 Å². The number of rotatable bonds is 12. The minimum atomic E-state index is -4.71. The van der Waals surface area contributed by atoms with Crippen LogP contribution in [-0.4, -0.2) is 73.6 Å². The summed E-state index contributed by atoms with van der Waals surface area (Å²) in [4.78, 5) is 46.8. The lowest BCUT2D eigenvalue weighted by atomic mass is 10.0. The van der Waals surface area contributed by atoms with Crippen molar-refractivity contribution >= 4 is 52.1 Å². The molecule has 0 aliphatic carbocycles. The Morgan fingerprint density at radius 2 is 1.73 bits per heavy atom. The molecule has 0 spiro atoms. The quantitative estimate of drug-likeness (QED) is 0.115. The van der Waals surface area contributed by atoms with Gasteiger partial charge in [-0.05, 0) is 82.1 Å². The van der Waals surface area contributed by atoms with Gasteiger partial charge in [-0.2, -0.15) is 13.2 Å². The zero-order valence-corrected chi connectivity index (χ0v) is 32.1. The van der Waals surface area contributed by atoms with Crippen molar-refractivity contribution in [3.63, 3.8) is 0 Å². The maximum atomic E-state index is 14.2. The Morgan fingerprint density at radius 3 is 2.43 bits per heavy atom. The average Bonchev–Trinajstić information content (AvgIpc) is 3.15. The van der Waals surface area contributed by atoms with Gasteiger partial charge in [0.1, 0.15) is 11.6 Å². The number of anilines is 6. The Bertz CT molecular complexity index is 2080. The van der Waals surface area contributed by atoms with Gasteiger partial charge in [0, 0.05) is 75.4 Å². The van der Waals surface area contributed by atoms with Gasteiger partial charge >= 0.3 is 12.2 Å². The Kier molecular flexibility index (Phi) is 12.0. The van der Waals surface area contributed by atoms with Crippen LogP contribution in [0.3, 0.4) is 0 Å². The fourth-order valence-electron chi connectivity index (χ4n) is 7.13. The van der Waals surface area contributed by atoms with Crippen molar-refractivity contribution in [2.24, 2.45) is 0 Å². The molecule has 4 N–H and O–H groups in total. The monoisotopic (exact) mass is 772 g/mol. The van der Waals surface area contributed by atoms with Gasteiger partial charge in [-0.25, -0.2) is 9.78 Å². The van der Waals surface area contributed by atoms with Crippen LogP contribution in [0.2, 0.25) is 0 Å². The largest absolute Gasteiger partial charge is 0.489 e. The number of carbonyl (C=O) groups is 3. The number of amides is 4. The first-order valence-corrected chi connectivity index (χ1v) is 18.6. The summed E-state index contributed by atoms with van der Waals surface area (Å²) in [6.45, 7) is 8.47. The van der Waals surface area contributed by atoms with Crippen molar-refractivity contribution in [3.8, 4) is 5.75 Å². The highest BCUT2D eigenvalue weighted by atomic mass is 19.4. The molecule has 6 rings (SSSR count). The molecule has 2 aliphatic rings. The van der Waals surface area contributed by atoms with Gasteiger partial charge in [0.15, 0.2) is 0 Å². The zero-order chi connectivity index (χ0) is 40.1. The number of hydrogen-bond donors (Lipinski definition) is 4. The maximum absolute atomic E-state index is 14.2. The first-order valence-electron chi connectivity index (χ1n) is 18.6. The number of aryl methyl sites for hydroxylation is 1. The number of benzene rings is 3. The molecule has 0 atom stereocenters. The molecule has 0 saturated carbocycles. The predicted molar refractivity (Wildman–Crippen MR) is 211 cm³/mol. The van der Waals surface area contributed by atoms with Crippen LogP contribution in [0.15, 0.2) is 72.9 Å². The summed E-state index contributed by atoms with van der Waals surface area (Å²) in [5.74, 6) is -0.0131. The Balaban J connectivity index is 1.17. The molecule has 15 heteroatoms. The lowest BCUT2D eigenvalue weighted by Crippen LogP contribution is -2.49. The van der Waals surface area contributed by atoms with Crippen molar-refractivity contribution in [1.82, 2.24) is 20.5 Å². The molecule has 0 unspecified atom stereocenters. The van der Waals surface area contributed by atoms with E-state index in [1.165, 1.54) is 19.2 Å². The van der Waals surface area contributed by atoms with Gasteiger partial charge in [0.2, 0.25) is 5.91 Å². The van der Waals surface area contributed by atoms with Crippen LogP contribution >= 0.6 is 0 Å².